The number of aryl methyl sites for hydroxylation is 1. The number of carbonyl (C=O) groups is 1. The van der Waals surface area contributed by atoms with Gasteiger partial charge >= 0.3 is 5.97 Å². The monoisotopic (exact) mass is 320 g/mol. The average Bonchev–Trinajstić information content (AvgIpc) is 3.08. The van der Waals surface area contributed by atoms with Gasteiger partial charge < -0.3 is 5.11 Å². The van der Waals surface area contributed by atoms with Crippen molar-refractivity contribution in [2.45, 2.75) is 38.8 Å². The lowest BCUT2D eigenvalue weighted by Crippen LogP contribution is -2.34. The predicted octanol–water partition coefficient (Wildman–Crippen LogP) is 2.11. The van der Waals surface area contributed by atoms with Crippen molar-refractivity contribution < 1.29 is 9.90 Å². The zero-order chi connectivity index (χ0) is 15.5. The van der Waals surface area contributed by atoms with Crippen molar-refractivity contribution in [3.05, 3.63) is 34.0 Å². The van der Waals surface area contributed by atoms with Gasteiger partial charge in [0.15, 0.2) is 0 Å². The second kappa shape index (κ2) is 6.58. The van der Waals surface area contributed by atoms with E-state index in [0.717, 1.165) is 48.9 Å². The molecule has 7 heteroatoms. The molecule has 1 saturated heterocycles. The van der Waals surface area contributed by atoms with Crippen LogP contribution in [0.25, 0.3) is 0 Å². The molecule has 0 amide bonds. The van der Waals surface area contributed by atoms with Crippen LogP contribution in [0.3, 0.4) is 0 Å². The van der Waals surface area contributed by atoms with E-state index in [4.69, 9.17) is 5.11 Å². The maximum absolute atomic E-state index is 10.7. The molecule has 6 nitrogen and oxygen atoms in total. The molecule has 0 aliphatic carbocycles. The van der Waals surface area contributed by atoms with Gasteiger partial charge in [0.2, 0.25) is 0 Å². The Kier molecular flexibility index (Phi) is 4.54. The van der Waals surface area contributed by atoms with E-state index in [0.29, 0.717) is 5.92 Å². The second-order valence-corrected chi connectivity index (χ2v) is 6.83. The predicted molar refractivity (Wildman–Crippen MR) is 84.0 cm³/mol. The molecule has 3 rings (SSSR count). The van der Waals surface area contributed by atoms with Crippen LogP contribution < -0.4 is 0 Å². The number of nitrogens with zero attached hydrogens (tertiary/aromatic N) is 4. The number of hydrogen-bond acceptors (Lipinski definition) is 5. The molecule has 1 N–H and O–H groups in total. The quantitative estimate of drug-likeness (QED) is 0.913. The van der Waals surface area contributed by atoms with E-state index < -0.39 is 5.97 Å². The molecule has 0 radical (unpaired) electrons. The molecular formula is C15H20N4O2S. The average molecular weight is 320 g/mol. The van der Waals surface area contributed by atoms with Crippen LogP contribution in [0.4, 0.5) is 0 Å². The number of hydrogen-bond donors (Lipinski definition) is 1. The van der Waals surface area contributed by atoms with Gasteiger partial charge in [-0.2, -0.15) is 5.10 Å². The SMILES string of the molecule is Cc1nc(CN2CCC[C@@H](c3ccn(CC(=O)O)n3)C2)cs1. The van der Waals surface area contributed by atoms with E-state index in [1.165, 1.54) is 4.68 Å². The largest absolute Gasteiger partial charge is 0.480 e. The fraction of sp³-hybridized carbons (Fsp3) is 0.533. The summed E-state index contributed by atoms with van der Waals surface area (Å²) in [5, 5.41) is 16.5. The molecule has 118 valence electrons. The van der Waals surface area contributed by atoms with Crippen molar-refractivity contribution in [2.24, 2.45) is 0 Å². The minimum atomic E-state index is -0.862. The van der Waals surface area contributed by atoms with Crippen molar-refractivity contribution in [2.75, 3.05) is 13.1 Å². The van der Waals surface area contributed by atoms with Crippen LogP contribution in [0.2, 0.25) is 0 Å². The third-order valence-corrected chi connectivity index (χ3v) is 4.76. The molecule has 0 unspecified atom stereocenters. The normalized spacial score (nSPS) is 19.4. The summed E-state index contributed by atoms with van der Waals surface area (Å²) >= 11 is 1.69. The van der Waals surface area contributed by atoms with Gasteiger partial charge in [-0.3, -0.25) is 14.4 Å². The minimum Gasteiger partial charge on any atom is -0.480 e. The molecule has 0 spiro atoms. The number of rotatable bonds is 5. The number of thiazole rings is 1. The van der Waals surface area contributed by atoms with Crippen LogP contribution in [-0.2, 0) is 17.9 Å². The highest BCUT2D eigenvalue weighted by Crippen LogP contribution is 2.26. The smallest absolute Gasteiger partial charge is 0.325 e. The molecule has 2 aromatic heterocycles. The third kappa shape index (κ3) is 3.72. The van der Waals surface area contributed by atoms with Crippen LogP contribution >= 0.6 is 11.3 Å². The third-order valence-electron chi connectivity index (χ3n) is 3.93. The molecule has 2 aromatic rings. The summed E-state index contributed by atoms with van der Waals surface area (Å²) in [7, 11) is 0. The molecule has 22 heavy (non-hydrogen) atoms. The zero-order valence-electron chi connectivity index (χ0n) is 12.6. The summed E-state index contributed by atoms with van der Waals surface area (Å²) in [4.78, 5) is 17.7. The standard InChI is InChI=1S/C15H20N4O2S/c1-11-16-13(10-22-11)8-18-5-2-3-12(7-18)14-4-6-19(17-14)9-15(20)21/h4,6,10,12H,2-3,5,7-9H2,1H3,(H,20,21)/t12-/m1/s1. The van der Waals surface area contributed by atoms with Crippen molar-refractivity contribution >= 4 is 17.3 Å². The summed E-state index contributed by atoms with van der Waals surface area (Å²) in [5.41, 5.74) is 2.14. The Morgan fingerprint density at radius 1 is 1.55 bits per heavy atom. The summed E-state index contributed by atoms with van der Waals surface area (Å²) < 4.78 is 1.50. The molecule has 0 saturated carbocycles. The summed E-state index contributed by atoms with van der Waals surface area (Å²) in [5.74, 6) is -0.484. The molecule has 1 aliphatic heterocycles. The lowest BCUT2D eigenvalue weighted by molar-refractivity contribution is -0.137. The van der Waals surface area contributed by atoms with Crippen molar-refractivity contribution in [1.82, 2.24) is 19.7 Å². The van der Waals surface area contributed by atoms with E-state index in [9.17, 15) is 4.79 Å². The van der Waals surface area contributed by atoms with Crippen LogP contribution in [0.15, 0.2) is 17.6 Å². The van der Waals surface area contributed by atoms with Gasteiger partial charge in [-0.25, -0.2) is 4.98 Å². The highest BCUT2D eigenvalue weighted by molar-refractivity contribution is 7.09. The maximum atomic E-state index is 10.7. The van der Waals surface area contributed by atoms with Gasteiger partial charge in [-0.15, -0.1) is 11.3 Å². The number of aromatic nitrogens is 3. The van der Waals surface area contributed by atoms with Crippen molar-refractivity contribution in [3.8, 4) is 0 Å². The summed E-state index contributed by atoms with van der Waals surface area (Å²) in [6.45, 7) is 4.89. The lowest BCUT2D eigenvalue weighted by Gasteiger charge is -2.31. The van der Waals surface area contributed by atoms with E-state index in [1.54, 1.807) is 17.5 Å². The van der Waals surface area contributed by atoms with Crippen LogP contribution in [-0.4, -0.2) is 43.8 Å². The van der Waals surface area contributed by atoms with E-state index in [2.05, 4.69) is 20.4 Å². The first-order chi connectivity index (χ1) is 10.6. The van der Waals surface area contributed by atoms with E-state index in [-0.39, 0.29) is 6.54 Å². The first-order valence-corrected chi connectivity index (χ1v) is 8.36. The minimum absolute atomic E-state index is 0.0749. The second-order valence-electron chi connectivity index (χ2n) is 5.76. The van der Waals surface area contributed by atoms with Crippen molar-refractivity contribution in [1.29, 1.82) is 0 Å². The van der Waals surface area contributed by atoms with Crippen LogP contribution in [0.1, 0.15) is 35.2 Å². The Morgan fingerprint density at radius 2 is 2.41 bits per heavy atom. The van der Waals surface area contributed by atoms with Crippen LogP contribution in [0.5, 0.6) is 0 Å². The Morgan fingerprint density at radius 3 is 3.14 bits per heavy atom. The Balaban J connectivity index is 1.62. The van der Waals surface area contributed by atoms with Gasteiger partial charge in [-0.1, -0.05) is 0 Å². The van der Waals surface area contributed by atoms with E-state index >= 15 is 0 Å². The first kappa shape index (κ1) is 15.2. The highest BCUT2D eigenvalue weighted by atomic mass is 32.1. The van der Waals surface area contributed by atoms with E-state index in [1.807, 2.05) is 13.0 Å². The fourth-order valence-electron chi connectivity index (χ4n) is 2.97. The molecule has 0 aromatic carbocycles. The highest BCUT2D eigenvalue weighted by Gasteiger charge is 2.23. The first-order valence-electron chi connectivity index (χ1n) is 7.48. The fourth-order valence-corrected chi connectivity index (χ4v) is 3.58. The summed E-state index contributed by atoms with van der Waals surface area (Å²) in [6.07, 6.45) is 4.00. The molecule has 1 atom stereocenters. The molecule has 0 bridgehead atoms. The number of carboxylic acid groups (broad SMARTS) is 1. The van der Waals surface area contributed by atoms with Gasteiger partial charge in [0.25, 0.3) is 0 Å². The van der Waals surface area contributed by atoms with Crippen LogP contribution in [0, 0.1) is 6.92 Å². The van der Waals surface area contributed by atoms with Gasteiger partial charge in [-0.05, 0) is 32.4 Å². The molecule has 3 heterocycles. The number of aliphatic carboxylic acids is 1. The Bertz CT molecular complexity index is 652. The Labute approximate surface area is 133 Å². The number of piperidine rings is 1. The van der Waals surface area contributed by atoms with Gasteiger partial charge in [0.05, 0.1) is 16.4 Å². The lowest BCUT2D eigenvalue weighted by atomic mass is 9.95. The Hall–Kier alpha value is -1.73. The van der Waals surface area contributed by atoms with Gasteiger partial charge in [0, 0.05) is 30.6 Å². The number of carboxylic acids is 1. The maximum Gasteiger partial charge on any atom is 0.325 e. The summed E-state index contributed by atoms with van der Waals surface area (Å²) in [6, 6.07) is 1.95. The van der Waals surface area contributed by atoms with Gasteiger partial charge in [0.1, 0.15) is 6.54 Å². The zero-order valence-corrected chi connectivity index (χ0v) is 13.4. The van der Waals surface area contributed by atoms with Crippen molar-refractivity contribution in [3.63, 3.8) is 0 Å². The number of likely N-dealkylation sites (tertiary alicyclic amines) is 1. The molecule has 1 fully saturated rings. The molecular weight excluding hydrogens is 300 g/mol. The topological polar surface area (TPSA) is 71.2 Å². The molecule has 1 aliphatic rings.